The van der Waals surface area contributed by atoms with E-state index in [0.717, 1.165) is 11.4 Å². The van der Waals surface area contributed by atoms with Crippen LogP contribution < -0.4 is 11.5 Å². The minimum atomic E-state index is 0.773. The van der Waals surface area contributed by atoms with Gasteiger partial charge in [0.1, 0.15) is 11.4 Å². The molecule has 0 heterocycles. The lowest BCUT2D eigenvalue weighted by Crippen LogP contribution is -2.47. The second kappa shape index (κ2) is 3.18. The van der Waals surface area contributed by atoms with Gasteiger partial charge in [0.15, 0.2) is 0 Å². The minimum Gasteiger partial charge on any atom is -0.326 e. The third-order valence-corrected chi connectivity index (χ3v) is 0.555. The van der Waals surface area contributed by atoms with E-state index in [2.05, 4.69) is 24.6 Å². The van der Waals surface area contributed by atoms with Crippen molar-refractivity contribution in [3.63, 3.8) is 0 Å². The molecule has 0 spiro atoms. The summed E-state index contributed by atoms with van der Waals surface area (Å²) in [5, 5.41) is 0. The van der Waals surface area contributed by atoms with Gasteiger partial charge in [-0.05, 0) is 13.2 Å². The first-order valence-electron chi connectivity index (χ1n) is 2.32. The van der Waals surface area contributed by atoms with Crippen LogP contribution in [-0.4, -0.2) is 0 Å². The molecule has 0 radical (unpaired) electrons. The number of quaternary nitrogens is 2. The number of rotatable bonds is 2. The quantitative estimate of drug-likeness (QED) is 0.433. The van der Waals surface area contributed by atoms with Crippen LogP contribution in [0, 0.1) is 0 Å². The molecule has 0 atom stereocenters. The van der Waals surface area contributed by atoms with E-state index < -0.39 is 0 Å². The van der Waals surface area contributed by atoms with E-state index in [0.29, 0.717) is 0 Å². The maximum Gasteiger partial charge on any atom is 0.120 e. The molecule has 0 aliphatic rings. The van der Waals surface area contributed by atoms with E-state index in [-0.39, 0.29) is 0 Å². The highest BCUT2D eigenvalue weighted by molar-refractivity contribution is 5.13. The Balaban J connectivity index is 3.67. The Kier molecular flexibility index (Phi) is 2.84. The average Bonchev–Trinajstić information content (AvgIpc) is 1.61. The van der Waals surface area contributed by atoms with Crippen LogP contribution in [0.2, 0.25) is 0 Å². The molecule has 0 amide bonds. The third-order valence-electron chi connectivity index (χ3n) is 0.555. The predicted molar refractivity (Wildman–Crippen MR) is 33.2 cm³/mol. The minimum absolute atomic E-state index is 0.773. The molecule has 44 valence electrons. The van der Waals surface area contributed by atoms with Gasteiger partial charge in [-0.1, -0.05) is 0 Å². The first kappa shape index (κ1) is 7.14. The van der Waals surface area contributed by atoms with E-state index in [9.17, 15) is 0 Å². The highest BCUT2D eigenvalue weighted by Crippen LogP contribution is 1.80. The molecule has 0 fully saturated rings. The molecule has 0 aromatic heterocycles. The molecule has 0 saturated heterocycles. The van der Waals surface area contributed by atoms with Crippen molar-refractivity contribution in [3.05, 3.63) is 36.7 Å². The van der Waals surface area contributed by atoms with Gasteiger partial charge < -0.3 is 11.5 Å². The topological polar surface area (TPSA) is 55.3 Å². The molecule has 0 aliphatic carbocycles. The van der Waals surface area contributed by atoms with Crippen molar-refractivity contribution in [1.29, 1.82) is 0 Å². The molecule has 6 N–H and O–H groups in total. The summed E-state index contributed by atoms with van der Waals surface area (Å²) in [7, 11) is 0. The molecular formula is C6H12N2+2. The van der Waals surface area contributed by atoms with Gasteiger partial charge in [0.25, 0.3) is 0 Å². The van der Waals surface area contributed by atoms with Crippen molar-refractivity contribution in [2.75, 3.05) is 0 Å². The molecule has 2 nitrogen and oxygen atoms in total. The second-order valence-electron chi connectivity index (χ2n) is 1.65. The number of hydrogen-bond donors (Lipinski definition) is 2. The summed E-state index contributed by atoms with van der Waals surface area (Å²) >= 11 is 0. The lowest BCUT2D eigenvalue weighted by molar-refractivity contribution is -0.298. The van der Waals surface area contributed by atoms with Crippen LogP contribution in [0.3, 0.4) is 0 Å². The second-order valence-corrected chi connectivity index (χ2v) is 1.65. The highest BCUT2D eigenvalue weighted by Gasteiger charge is 1.80. The molecule has 0 saturated carbocycles. The van der Waals surface area contributed by atoms with Crippen molar-refractivity contribution in [3.8, 4) is 0 Å². The molecule has 8 heavy (non-hydrogen) atoms. The molecule has 0 aromatic carbocycles. The molecule has 0 unspecified atom stereocenters. The van der Waals surface area contributed by atoms with Crippen LogP contribution in [-0.2, 0) is 0 Å². The van der Waals surface area contributed by atoms with Crippen molar-refractivity contribution < 1.29 is 11.5 Å². The smallest absolute Gasteiger partial charge is 0.120 e. The summed E-state index contributed by atoms with van der Waals surface area (Å²) in [6.45, 7) is 7.12. The fourth-order valence-corrected chi connectivity index (χ4v) is 0.236. The summed E-state index contributed by atoms with van der Waals surface area (Å²) in [6.07, 6.45) is 3.55. The lowest BCUT2D eigenvalue weighted by atomic mass is 10.4. The maximum atomic E-state index is 3.56. The van der Waals surface area contributed by atoms with E-state index in [1.165, 1.54) is 0 Å². The van der Waals surface area contributed by atoms with Crippen molar-refractivity contribution in [2.45, 2.75) is 0 Å². The Morgan fingerprint density at radius 1 is 1.00 bits per heavy atom. The van der Waals surface area contributed by atoms with Gasteiger partial charge in [-0.25, -0.2) is 0 Å². The largest absolute Gasteiger partial charge is 0.326 e. The summed E-state index contributed by atoms with van der Waals surface area (Å²) in [5.41, 5.74) is 8.67. The zero-order chi connectivity index (χ0) is 6.57. The summed E-state index contributed by atoms with van der Waals surface area (Å²) in [4.78, 5) is 0. The zero-order valence-corrected chi connectivity index (χ0v) is 4.98. The van der Waals surface area contributed by atoms with Gasteiger partial charge in [0.05, 0.1) is 0 Å². The zero-order valence-electron chi connectivity index (χ0n) is 4.98. The fourth-order valence-electron chi connectivity index (χ4n) is 0.236. The Labute approximate surface area is 49.2 Å². The Hall–Kier alpha value is -0.860. The molecule has 0 bridgehead atoms. The molecule has 2 heteroatoms. The van der Waals surface area contributed by atoms with Crippen LogP contribution in [0.4, 0.5) is 0 Å². The average molecular weight is 112 g/mol. The van der Waals surface area contributed by atoms with E-state index in [1.54, 1.807) is 12.2 Å². The van der Waals surface area contributed by atoms with Crippen LogP contribution in [0.1, 0.15) is 0 Å². The van der Waals surface area contributed by atoms with Gasteiger partial charge in [-0.3, -0.25) is 0 Å². The van der Waals surface area contributed by atoms with E-state index in [1.807, 2.05) is 0 Å². The molecule has 0 aromatic rings. The molecular weight excluding hydrogens is 100 g/mol. The van der Waals surface area contributed by atoms with Crippen LogP contribution in [0.25, 0.3) is 0 Å². The first-order chi connectivity index (χ1) is 3.63. The standard InChI is InChI=1S/C6H10N2/c1-5(7)3-4-6(2)8/h3-4H,1-2,7-8H2/p+2/b4-3-. The van der Waals surface area contributed by atoms with E-state index in [4.69, 9.17) is 0 Å². The normalized spacial score (nSPS) is 9.75. The van der Waals surface area contributed by atoms with Gasteiger partial charge in [-0.15, -0.1) is 0 Å². The summed E-state index contributed by atoms with van der Waals surface area (Å²) in [5.74, 6) is 0. The lowest BCUT2D eigenvalue weighted by Gasteiger charge is -1.78. The van der Waals surface area contributed by atoms with Gasteiger partial charge >= 0.3 is 0 Å². The van der Waals surface area contributed by atoms with E-state index >= 15 is 0 Å². The molecule has 0 aliphatic heterocycles. The predicted octanol–water partition coefficient (Wildman–Crippen LogP) is -0.946. The fraction of sp³-hybridized carbons (Fsp3) is 0. The summed E-state index contributed by atoms with van der Waals surface area (Å²) in [6, 6.07) is 0. The van der Waals surface area contributed by atoms with Crippen molar-refractivity contribution in [1.82, 2.24) is 0 Å². The van der Waals surface area contributed by atoms with Crippen LogP contribution in [0.15, 0.2) is 36.7 Å². The van der Waals surface area contributed by atoms with Gasteiger partial charge in [0, 0.05) is 12.2 Å². The van der Waals surface area contributed by atoms with Crippen molar-refractivity contribution >= 4 is 0 Å². The monoisotopic (exact) mass is 112 g/mol. The third kappa shape index (κ3) is 5.14. The number of hydrogen-bond acceptors (Lipinski definition) is 0. The SMILES string of the molecule is C=C([NH3+])/C=C\C(=C)[NH3+]. The van der Waals surface area contributed by atoms with Crippen molar-refractivity contribution in [2.24, 2.45) is 0 Å². The van der Waals surface area contributed by atoms with Crippen LogP contribution in [0.5, 0.6) is 0 Å². The maximum absolute atomic E-state index is 3.56. The first-order valence-corrected chi connectivity index (χ1v) is 2.32. The number of allylic oxidation sites excluding steroid dienone is 2. The van der Waals surface area contributed by atoms with Crippen LogP contribution >= 0.6 is 0 Å². The Morgan fingerprint density at radius 3 is 1.38 bits per heavy atom. The molecule has 0 rings (SSSR count). The highest BCUT2D eigenvalue weighted by atomic mass is 14.6. The summed E-state index contributed by atoms with van der Waals surface area (Å²) < 4.78 is 0. The van der Waals surface area contributed by atoms with Gasteiger partial charge in [0.2, 0.25) is 0 Å². The Bertz CT molecular complexity index is 117. The Morgan fingerprint density at radius 2 is 1.25 bits per heavy atom. The van der Waals surface area contributed by atoms with Gasteiger partial charge in [-0.2, -0.15) is 0 Å².